The van der Waals surface area contributed by atoms with Crippen LogP contribution < -0.4 is 0 Å². The van der Waals surface area contributed by atoms with Gasteiger partial charge in [0.15, 0.2) is 0 Å². The van der Waals surface area contributed by atoms with Gasteiger partial charge in [0.25, 0.3) is 0 Å². The highest BCUT2D eigenvalue weighted by molar-refractivity contribution is 6.19. The molecule has 0 radical (unpaired) electrons. The van der Waals surface area contributed by atoms with E-state index in [1.807, 2.05) is 19.1 Å². The Bertz CT molecular complexity index is 345. The Kier molecular flexibility index (Phi) is 3.78. The molecule has 14 heavy (non-hydrogen) atoms. The van der Waals surface area contributed by atoms with Crippen LogP contribution in [0.5, 0.6) is 0 Å². The number of halogens is 1. The van der Waals surface area contributed by atoms with Gasteiger partial charge in [0.1, 0.15) is 11.5 Å². The van der Waals surface area contributed by atoms with Crippen LogP contribution >= 0.6 is 11.6 Å². The van der Waals surface area contributed by atoms with Crippen molar-refractivity contribution in [1.82, 2.24) is 0 Å². The third-order valence-electron chi connectivity index (χ3n) is 1.88. The molecule has 1 aliphatic heterocycles. The third-order valence-corrected chi connectivity index (χ3v) is 2.14. The second kappa shape index (κ2) is 4.87. The summed E-state index contributed by atoms with van der Waals surface area (Å²) in [6.07, 6.45) is 7.30. The molecule has 0 atom stereocenters. The quantitative estimate of drug-likeness (QED) is 0.629. The van der Waals surface area contributed by atoms with E-state index in [9.17, 15) is 0 Å². The maximum absolute atomic E-state index is 5.70. The fourth-order valence-electron chi connectivity index (χ4n) is 1.28. The molecule has 0 amide bonds. The Balaban J connectivity index is 3.11. The zero-order chi connectivity index (χ0) is 10.6. The third kappa shape index (κ3) is 2.18. The molecule has 0 saturated heterocycles. The lowest BCUT2D eigenvalue weighted by Gasteiger charge is -2.20. The normalized spacial score (nSPS) is 22.1. The minimum absolute atomic E-state index is 0.352. The molecule has 0 unspecified atom stereocenters. The van der Waals surface area contributed by atoms with Crippen LogP contribution in [0.15, 0.2) is 60.1 Å². The lowest BCUT2D eigenvalue weighted by molar-refractivity contribution is 0.312. The largest absolute Gasteiger partial charge is 0.460 e. The lowest BCUT2D eigenvalue weighted by Crippen LogP contribution is -2.05. The number of rotatable bonds is 2. The van der Waals surface area contributed by atoms with Crippen molar-refractivity contribution in [2.24, 2.45) is 0 Å². The molecule has 0 aliphatic carbocycles. The number of ether oxygens (including phenoxy) is 1. The van der Waals surface area contributed by atoms with Crippen molar-refractivity contribution in [3.8, 4) is 0 Å². The zero-order valence-corrected chi connectivity index (χ0v) is 8.97. The van der Waals surface area contributed by atoms with Crippen LogP contribution in [0.4, 0.5) is 0 Å². The second-order valence-electron chi connectivity index (χ2n) is 2.84. The van der Waals surface area contributed by atoms with Crippen LogP contribution in [0.1, 0.15) is 6.92 Å². The first-order valence-corrected chi connectivity index (χ1v) is 4.89. The molecule has 0 N–H and O–H groups in total. The van der Waals surface area contributed by atoms with Gasteiger partial charge in [0, 0.05) is 5.57 Å². The minimum atomic E-state index is 0.352. The van der Waals surface area contributed by atoms with E-state index >= 15 is 0 Å². The Hall–Kier alpha value is -1.21. The fraction of sp³-hybridized carbons (Fsp3) is 0.167. The molecule has 1 nitrogen and oxygen atoms in total. The topological polar surface area (TPSA) is 9.23 Å². The van der Waals surface area contributed by atoms with E-state index in [1.54, 1.807) is 12.2 Å². The number of hydrogen-bond donors (Lipinski definition) is 0. The van der Waals surface area contributed by atoms with Crippen molar-refractivity contribution in [1.29, 1.82) is 0 Å². The number of hydrogen-bond acceptors (Lipinski definition) is 1. The first-order chi connectivity index (χ1) is 6.72. The molecule has 0 fully saturated rings. The van der Waals surface area contributed by atoms with Crippen molar-refractivity contribution in [3.63, 3.8) is 0 Å². The summed E-state index contributed by atoms with van der Waals surface area (Å²) in [6, 6.07) is 0. The van der Waals surface area contributed by atoms with E-state index in [1.165, 1.54) is 0 Å². The van der Waals surface area contributed by atoms with E-state index in [0.29, 0.717) is 5.88 Å². The Morgan fingerprint density at radius 3 is 2.79 bits per heavy atom. The highest BCUT2D eigenvalue weighted by Gasteiger charge is 2.16. The van der Waals surface area contributed by atoms with Gasteiger partial charge in [-0.2, -0.15) is 0 Å². The molecule has 0 saturated carbocycles. The molecule has 1 aliphatic rings. The monoisotopic (exact) mass is 208 g/mol. The maximum atomic E-state index is 5.70. The summed E-state index contributed by atoms with van der Waals surface area (Å²) in [5.41, 5.74) is 1.90. The molecule has 0 bridgehead atoms. The maximum Gasteiger partial charge on any atom is 0.134 e. The molecule has 1 rings (SSSR count). The van der Waals surface area contributed by atoms with Crippen molar-refractivity contribution >= 4 is 11.6 Å². The van der Waals surface area contributed by atoms with Crippen molar-refractivity contribution < 1.29 is 4.74 Å². The smallest absolute Gasteiger partial charge is 0.134 e. The first-order valence-electron chi connectivity index (χ1n) is 4.36. The van der Waals surface area contributed by atoms with Gasteiger partial charge in [-0.05, 0) is 24.6 Å². The minimum Gasteiger partial charge on any atom is -0.460 e. The van der Waals surface area contributed by atoms with Gasteiger partial charge in [-0.15, -0.1) is 11.6 Å². The number of alkyl halides is 1. The summed E-state index contributed by atoms with van der Waals surface area (Å²) in [7, 11) is 0. The fourth-order valence-corrected chi connectivity index (χ4v) is 1.41. The average molecular weight is 209 g/mol. The Labute approximate surface area is 89.7 Å². The number of allylic oxidation sites excluding steroid dienone is 6. The van der Waals surface area contributed by atoms with Crippen LogP contribution in [0.25, 0.3) is 0 Å². The first kappa shape index (κ1) is 10.9. The van der Waals surface area contributed by atoms with Crippen molar-refractivity contribution in [2.75, 3.05) is 5.88 Å². The predicted octanol–water partition coefficient (Wildman–Crippen LogP) is 3.71. The van der Waals surface area contributed by atoms with Crippen LogP contribution in [-0.2, 0) is 4.74 Å². The van der Waals surface area contributed by atoms with Crippen LogP contribution in [0.2, 0.25) is 0 Å². The zero-order valence-electron chi connectivity index (χ0n) is 8.22. The van der Waals surface area contributed by atoms with Crippen molar-refractivity contribution in [2.45, 2.75) is 6.92 Å². The molecule has 2 heteroatoms. The molecule has 0 aromatic carbocycles. The SMILES string of the molecule is C=C/C=C1/OC(CCl)=CC(=C)/C1=C/C. The standard InChI is InChI=1S/C12H13ClO/c1-4-6-12-11(5-2)9(3)7-10(8-13)14-12/h4-7H,1,3,8H2,2H3/b11-5-,12-6+. The molecule has 1 heterocycles. The van der Waals surface area contributed by atoms with Gasteiger partial charge in [0.2, 0.25) is 0 Å². The molecule has 0 aromatic heterocycles. The summed E-state index contributed by atoms with van der Waals surface area (Å²) in [6.45, 7) is 9.52. The predicted molar refractivity (Wildman–Crippen MR) is 61.1 cm³/mol. The summed E-state index contributed by atoms with van der Waals surface area (Å²) >= 11 is 5.70. The van der Waals surface area contributed by atoms with Gasteiger partial charge in [-0.3, -0.25) is 0 Å². The molecular weight excluding hydrogens is 196 g/mol. The van der Waals surface area contributed by atoms with Gasteiger partial charge < -0.3 is 4.74 Å². The summed E-state index contributed by atoms with van der Waals surface area (Å²) in [4.78, 5) is 0. The highest BCUT2D eigenvalue weighted by Crippen LogP contribution is 2.29. The summed E-state index contributed by atoms with van der Waals surface area (Å²) < 4.78 is 5.54. The molecular formula is C12H13ClO. The van der Waals surface area contributed by atoms with Gasteiger partial charge in [0.05, 0.1) is 5.88 Å². The van der Waals surface area contributed by atoms with E-state index in [2.05, 4.69) is 13.2 Å². The Morgan fingerprint density at radius 1 is 1.57 bits per heavy atom. The second-order valence-corrected chi connectivity index (χ2v) is 3.11. The average Bonchev–Trinajstić information content (AvgIpc) is 2.18. The summed E-state index contributed by atoms with van der Waals surface area (Å²) in [5.74, 6) is 1.82. The highest BCUT2D eigenvalue weighted by atomic mass is 35.5. The molecule has 74 valence electrons. The summed E-state index contributed by atoms with van der Waals surface area (Å²) in [5, 5.41) is 0. The van der Waals surface area contributed by atoms with Crippen molar-refractivity contribution in [3.05, 3.63) is 60.1 Å². The van der Waals surface area contributed by atoms with Gasteiger partial charge in [-0.25, -0.2) is 0 Å². The van der Waals surface area contributed by atoms with Crippen LogP contribution in [0, 0.1) is 0 Å². The Morgan fingerprint density at radius 2 is 2.29 bits per heavy atom. The van der Waals surface area contributed by atoms with E-state index < -0.39 is 0 Å². The molecule has 0 aromatic rings. The van der Waals surface area contributed by atoms with Gasteiger partial charge in [-0.1, -0.05) is 25.3 Å². The van der Waals surface area contributed by atoms with E-state index in [-0.39, 0.29) is 0 Å². The lowest BCUT2D eigenvalue weighted by atomic mass is 10.0. The van der Waals surface area contributed by atoms with E-state index in [4.69, 9.17) is 16.3 Å². The van der Waals surface area contributed by atoms with E-state index in [0.717, 1.165) is 22.7 Å². The van der Waals surface area contributed by atoms with Crippen LogP contribution in [-0.4, -0.2) is 5.88 Å². The van der Waals surface area contributed by atoms with Crippen LogP contribution in [0.3, 0.4) is 0 Å². The van der Waals surface area contributed by atoms with Gasteiger partial charge >= 0.3 is 0 Å². The molecule has 0 spiro atoms.